The van der Waals surface area contributed by atoms with Crippen molar-refractivity contribution in [2.24, 2.45) is 10.8 Å². The lowest BCUT2D eigenvalue weighted by Gasteiger charge is -2.64. The molecule has 0 saturated heterocycles. The Kier molecular flexibility index (Phi) is 6.04. The number of hydrogen-bond donors (Lipinski definition) is 2. The Morgan fingerprint density at radius 2 is 1.09 bits per heavy atom. The Bertz CT molecular complexity index is 937. The maximum absolute atomic E-state index is 13.1. The highest BCUT2D eigenvalue weighted by atomic mass is 16.2. The lowest BCUT2D eigenvalue weighted by Crippen LogP contribution is -2.78. The smallest absolute Gasteiger partial charge is 0.244 e. The molecule has 2 aromatic rings. The zero-order valence-corrected chi connectivity index (χ0v) is 21.1. The molecule has 2 amide bonds. The van der Waals surface area contributed by atoms with Crippen molar-refractivity contribution in [2.75, 3.05) is 0 Å². The average Bonchev–Trinajstić information content (AvgIpc) is 3.21. The van der Waals surface area contributed by atoms with Crippen molar-refractivity contribution < 1.29 is 9.59 Å². The molecule has 2 atom stereocenters. The van der Waals surface area contributed by atoms with Crippen LogP contribution in [-0.2, 0) is 9.59 Å². The molecule has 176 valence electrons. The third-order valence-corrected chi connectivity index (χ3v) is 7.13. The summed E-state index contributed by atoms with van der Waals surface area (Å²) < 4.78 is 3.53. The number of nitrogens with zero attached hydrogens (tertiary/aromatic N) is 4. The van der Waals surface area contributed by atoms with E-state index < -0.39 is 12.1 Å². The lowest BCUT2D eigenvalue weighted by atomic mass is 9.48. The molecule has 0 aliphatic heterocycles. The second kappa shape index (κ2) is 8.05. The molecule has 1 saturated carbocycles. The predicted octanol–water partition coefficient (Wildman–Crippen LogP) is 3.17. The van der Waals surface area contributed by atoms with Gasteiger partial charge >= 0.3 is 0 Å². The summed E-state index contributed by atoms with van der Waals surface area (Å²) in [6.07, 6.45) is 0. The Morgan fingerprint density at radius 1 is 0.781 bits per heavy atom. The normalized spacial score (nSPS) is 23.2. The fourth-order valence-corrected chi connectivity index (χ4v) is 5.72. The van der Waals surface area contributed by atoms with E-state index in [0.717, 1.165) is 22.8 Å². The van der Waals surface area contributed by atoms with Gasteiger partial charge in [-0.2, -0.15) is 10.2 Å². The number of amides is 2. The minimum atomic E-state index is -0.407. The van der Waals surface area contributed by atoms with Crippen molar-refractivity contribution in [3.63, 3.8) is 0 Å². The minimum absolute atomic E-state index is 0.0665. The number of aromatic nitrogens is 4. The van der Waals surface area contributed by atoms with Crippen LogP contribution < -0.4 is 10.6 Å². The van der Waals surface area contributed by atoms with Crippen molar-refractivity contribution in [1.29, 1.82) is 0 Å². The Balaban J connectivity index is 1.71. The van der Waals surface area contributed by atoms with Gasteiger partial charge in [-0.25, -0.2) is 0 Å². The first-order valence-corrected chi connectivity index (χ1v) is 11.3. The molecule has 8 nitrogen and oxygen atoms in total. The van der Waals surface area contributed by atoms with E-state index in [9.17, 15) is 9.59 Å². The third kappa shape index (κ3) is 3.95. The summed E-state index contributed by atoms with van der Waals surface area (Å²) in [6.45, 7) is 19.9. The van der Waals surface area contributed by atoms with Gasteiger partial charge in [0, 0.05) is 34.3 Å². The molecule has 1 fully saturated rings. The van der Waals surface area contributed by atoms with E-state index in [1.165, 1.54) is 0 Å². The largest absolute Gasteiger partial charge is 0.350 e. The standard InChI is InChI=1S/C24H38N6O2/c1-13-11-15(3)29(27-13)17(5)19(31)25-21-23(7,8)22(24(21,9)10)26-20(32)18(6)30-16(4)12-14(2)28-30/h11-12,17-18,21-22H,1-10H3,(H,25,31)(H,26,32)/t17-,18-,21?,22?/m0/s1. The van der Waals surface area contributed by atoms with E-state index in [0.29, 0.717) is 0 Å². The molecular formula is C24H38N6O2. The van der Waals surface area contributed by atoms with Crippen molar-refractivity contribution in [3.05, 3.63) is 34.9 Å². The molecule has 2 aromatic heterocycles. The van der Waals surface area contributed by atoms with E-state index >= 15 is 0 Å². The molecular weight excluding hydrogens is 404 g/mol. The Morgan fingerprint density at radius 3 is 1.34 bits per heavy atom. The quantitative estimate of drug-likeness (QED) is 0.718. The number of carbonyl (C=O) groups is 2. The van der Waals surface area contributed by atoms with Crippen LogP contribution in [-0.4, -0.2) is 43.5 Å². The first-order chi connectivity index (χ1) is 14.7. The van der Waals surface area contributed by atoms with Gasteiger partial charge in [-0.15, -0.1) is 0 Å². The highest BCUT2D eigenvalue weighted by Gasteiger charge is 2.63. The minimum Gasteiger partial charge on any atom is -0.350 e. The summed E-state index contributed by atoms with van der Waals surface area (Å²) >= 11 is 0. The first kappa shape index (κ1) is 24.0. The summed E-state index contributed by atoms with van der Waals surface area (Å²) in [5, 5.41) is 15.4. The van der Waals surface area contributed by atoms with Gasteiger partial charge in [-0.05, 0) is 53.7 Å². The van der Waals surface area contributed by atoms with E-state index in [1.807, 2.05) is 53.7 Å². The molecule has 0 spiro atoms. The van der Waals surface area contributed by atoms with Crippen molar-refractivity contribution in [3.8, 4) is 0 Å². The molecule has 2 N–H and O–H groups in total. The first-order valence-electron chi connectivity index (χ1n) is 11.3. The second-order valence-electron chi connectivity index (χ2n) is 10.6. The molecule has 0 bridgehead atoms. The predicted molar refractivity (Wildman–Crippen MR) is 124 cm³/mol. The zero-order chi connectivity index (χ0) is 24.2. The summed E-state index contributed by atoms with van der Waals surface area (Å²) in [6, 6.07) is 2.95. The topological polar surface area (TPSA) is 93.8 Å². The van der Waals surface area contributed by atoms with Crippen LogP contribution in [0, 0.1) is 38.5 Å². The summed E-state index contributed by atoms with van der Waals surface area (Å²) in [5.41, 5.74) is 3.09. The molecule has 8 heteroatoms. The van der Waals surface area contributed by atoms with Crippen LogP contribution in [0.1, 0.15) is 76.4 Å². The molecule has 0 aromatic carbocycles. The molecule has 3 rings (SSSR count). The number of carbonyl (C=O) groups excluding carboxylic acids is 2. The number of nitrogens with one attached hydrogen (secondary N) is 2. The van der Waals surface area contributed by atoms with Gasteiger partial charge in [0.25, 0.3) is 0 Å². The highest BCUT2D eigenvalue weighted by molar-refractivity contribution is 5.82. The van der Waals surface area contributed by atoms with Crippen LogP contribution in [0.5, 0.6) is 0 Å². The van der Waals surface area contributed by atoms with E-state index in [1.54, 1.807) is 9.36 Å². The third-order valence-electron chi connectivity index (χ3n) is 7.13. The van der Waals surface area contributed by atoms with Gasteiger partial charge in [0.05, 0.1) is 11.4 Å². The van der Waals surface area contributed by atoms with Gasteiger partial charge in [-0.1, -0.05) is 27.7 Å². The fraction of sp³-hybridized carbons (Fsp3) is 0.667. The SMILES string of the molecule is Cc1cc(C)n([C@@H](C)C(=O)NC2C(C)(C)C(NC(=O)[C@H](C)n3nc(C)cc3C)C2(C)C)n1. The number of hydrogen-bond acceptors (Lipinski definition) is 4. The van der Waals surface area contributed by atoms with Gasteiger partial charge in [-0.3, -0.25) is 19.0 Å². The summed E-state index contributed by atoms with van der Waals surface area (Å²) in [7, 11) is 0. The monoisotopic (exact) mass is 442 g/mol. The number of rotatable bonds is 6. The Labute approximate surface area is 191 Å². The maximum Gasteiger partial charge on any atom is 0.244 e. The summed E-state index contributed by atoms with van der Waals surface area (Å²) in [5.74, 6) is -0.133. The van der Waals surface area contributed by atoms with E-state index in [-0.39, 0.29) is 34.7 Å². The maximum atomic E-state index is 13.1. The molecule has 1 aliphatic carbocycles. The van der Waals surface area contributed by atoms with Crippen LogP contribution in [0.2, 0.25) is 0 Å². The number of aryl methyl sites for hydroxylation is 4. The van der Waals surface area contributed by atoms with Crippen LogP contribution >= 0.6 is 0 Å². The molecule has 0 unspecified atom stereocenters. The lowest BCUT2D eigenvalue weighted by molar-refractivity contribution is -0.145. The van der Waals surface area contributed by atoms with Crippen LogP contribution in [0.15, 0.2) is 12.1 Å². The average molecular weight is 443 g/mol. The van der Waals surface area contributed by atoms with E-state index in [2.05, 4.69) is 48.5 Å². The van der Waals surface area contributed by atoms with Crippen molar-refractivity contribution >= 4 is 11.8 Å². The van der Waals surface area contributed by atoms with Gasteiger partial charge in [0.15, 0.2) is 0 Å². The van der Waals surface area contributed by atoms with Crippen molar-refractivity contribution in [2.45, 2.75) is 93.4 Å². The summed E-state index contributed by atoms with van der Waals surface area (Å²) in [4.78, 5) is 26.1. The van der Waals surface area contributed by atoms with Crippen molar-refractivity contribution in [1.82, 2.24) is 30.2 Å². The fourth-order valence-electron chi connectivity index (χ4n) is 5.72. The Hall–Kier alpha value is -2.64. The molecule has 1 aliphatic rings. The second-order valence-corrected chi connectivity index (χ2v) is 10.6. The van der Waals surface area contributed by atoms with Crippen LogP contribution in [0.3, 0.4) is 0 Å². The zero-order valence-electron chi connectivity index (χ0n) is 21.1. The molecule has 32 heavy (non-hydrogen) atoms. The van der Waals surface area contributed by atoms with E-state index in [4.69, 9.17) is 0 Å². The van der Waals surface area contributed by atoms with Crippen LogP contribution in [0.25, 0.3) is 0 Å². The highest BCUT2D eigenvalue weighted by Crippen LogP contribution is 2.54. The molecule has 2 heterocycles. The van der Waals surface area contributed by atoms with Gasteiger partial charge in [0.2, 0.25) is 11.8 Å². The van der Waals surface area contributed by atoms with Gasteiger partial charge < -0.3 is 10.6 Å². The van der Waals surface area contributed by atoms with Crippen LogP contribution in [0.4, 0.5) is 0 Å². The molecule has 0 radical (unpaired) electrons. The van der Waals surface area contributed by atoms with Gasteiger partial charge in [0.1, 0.15) is 12.1 Å².